The minimum absolute atomic E-state index is 0.151. The maximum Gasteiger partial charge on any atom is 0.263 e. The Morgan fingerprint density at radius 2 is 2.10 bits per heavy atom. The van der Waals surface area contributed by atoms with Crippen LogP contribution in [-0.2, 0) is 16.4 Å². The van der Waals surface area contributed by atoms with Crippen molar-refractivity contribution in [3.05, 3.63) is 34.8 Å². The van der Waals surface area contributed by atoms with Crippen LogP contribution in [0.5, 0.6) is 0 Å². The molecule has 0 fully saturated rings. The molecule has 0 atom stereocenters. The Balaban J connectivity index is 2.27. The number of hydrogen-bond donors (Lipinski definition) is 2. The molecule has 0 aliphatic carbocycles. The molecule has 1 aromatic carbocycles. The smallest absolute Gasteiger partial charge is 0.263 e. The number of nitrogen functional groups attached to an aromatic ring is 1. The molecule has 5 nitrogen and oxygen atoms in total. The monoisotopic (exact) mass is 325 g/mol. The number of anilines is 2. The second-order valence-corrected chi connectivity index (χ2v) is 7.59. The van der Waals surface area contributed by atoms with Crippen LogP contribution in [0.4, 0.5) is 10.8 Å². The van der Waals surface area contributed by atoms with Crippen LogP contribution in [0.2, 0.25) is 0 Å². The first-order valence-corrected chi connectivity index (χ1v) is 9.06. The van der Waals surface area contributed by atoms with Crippen molar-refractivity contribution in [2.24, 2.45) is 0 Å². The Morgan fingerprint density at radius 3 is 2.62 bits per heavy atom. The third kappa shape index (κ3) is 3.54. The number of benzene rings is 1. The van der Waals surface area contributed by atoms with E-state index in [1.807, 2.05) is 26.2 Å². The Labute approximate surface area is 129 Å². The van der Waals surface area contributed by atoms with E-state index in [9.17, 15) is 8.42 Å². The fourth-order valence-electron chi connectivity index (χ4n) is 1.83. The lowest BCUT2D eigenvalue weighted by molar-refractivity contribution is 0.601. The molecule has 7 heteroatoms. The zero-order valence-electron chi connectivity index (χ0n) is 12.3. The van der Waals surface area contributed by atoms with Crippen molar-refractivity contribution in [3.63, 3.8) is 0 Å². The fourth-order valence-corrected chi connectivity index (χ4v) is 3.99. The zero-order chi connectivity index (χ0) is 15.6. The van der Waals surface area contributed by atoms with Gasteiger partial charge in [0, 0.05) is 11.1 Å². The summed E-state index contributed by atoms with van der Waals surface area (Å²) in [4.78, 5) is 4.42. The Kier molecular flexibility index (Phi) is 4.53. The van der Waals surface area contributed by atoms with E-state index in [2.05, 4.69) is 9.71 Å². The van der Waals surface area contributed by atoms with E-state index in [4.69, 9.17) is 5.73 Å². The number of nitrogens with two attached hydrogens (primary N) is 1. The van der Waals surface area contributed by atoms with Gasteiger partial charge in [0.1, 0.15) is 0 Å². The number of aromatic nitrogens is 1. The number of sulfonamides is 1. The van der Waals surface area contributed by atoms with Gasteiger partial charge in [-0.25, -0.2) is 13.4 Å². The van der Waals surface area contributed by atoms with E-state index in [1.54, 1.807) is 12.1 Å². The molecule has 0 radical (unpaired) electrons. The topological polar surface area (TPSA) is 85.1 Å². The Hall–Kier alpha value is -1.60. The first kappa shape index (κ1) is 15.8. The second-order valence-electron chi connectivity index (χ2n) is 5.05. The second kappa shape index (κ2) is 6.03. The van der Waals surface area contributed by atoms with Gasteiger partial charge in [-0.15, -0.1) is 11.3 Å². The Morgan fingerprint density at radius 1 is 1.38 bits per heavy atom. The highest BCUT2D eigenvalue weighted by molar-refractivity contribution is 7.93. The molecular weight excluding hydrogens is 306 g/mol. The summed E-state index contributed by atoms with van der Waals surface area (Å²) in [6.45, 7) is 6.00. The van der Waals surface area contributed by atoms with Crippen molar-refractivity contribution in [3.8, 4) is 0 Å². The van der Waals surface area contributed by atoms with Gasteiger partial charge in [0.15, 0.2) is 5.13 Å². The predicted molar refractivity (Wildman–Crippen MR) is 87.2 cm³/mol. The van der Waals surface area contributed by atoms with Crippen molar-refractivity contribution < 1.29 is 8.42 Å². The van der Waals surface area contributed by atoms with Gasteiger partial charge in [0.2, 0.25) is 0 Å². The summed E-state index contributed by atoms with van der Waals surface area (Å²) in [5, 5.41) is 2.23. The molecule has 0 aliphatic rings. The van der Waals surface area contributed by atoms with Crippen molar-refractivity contribution in [1.82, 2.24) is 4.98 Å². The SMILES string of the molecule is CCc1ccc(S(=O)(=O)Nc2nc(C(C)C)cs2)cc1N. The maximum absolute atomic E-state index is 12.3. The van der Waals surface area contributed by atoms with E-state index in [0.29, 0.717) is 10.8 Å². The number of hydrogen-bond acceptors (Lipinski definition) is 5. The number of aryl methyl sites for hydroxylation is 1. The number of nitrogens with one attached hydrogen (secondary N) is 1. The van der Waals surface area contributed by atoms with Crippen LogP contribution in [0, 0.1) is 0 Å². The summed E-state index contributed by atoms with van der Waals surface area (Å²) in [5.41, 5.74) is 8.16. The fraction of sp³-hybridized carbons (Fsp3) is 0.357. The van der Waals surface area contributed by atoms with E-state index in [0.717, 1.165) is 17.7 Å². The van der Waals surface area contributed by atoms with Gasteiger partial charge in [0.05, 0.1) is 10.6 Å². The maximum atomic E-state index is 12.3. The minimum atomic E-state index is -3.66. The molecule has 0 unspecified atom stereocenters. The molecule has 0 aliphatic heterocycles. The minimum Gasteiger partial charge on any atom is -0.398 e. The van der Waals surface area contributed by atoms with Crippen molar-refractivity contribution >= 4 is 32.2 Å². The molecule has 1 aromatic heterocycles. The lowest BCUT2D eigenvalue weighted by Gasteiger charge is -2.08. The van der Waals surface area contributed by atoms with Crippen molar-refractivity contribution in [1.29, 1.82) is 0 Å². The molecule has 0 bridgehead atoms. The molecule has 1 heterocycles. The molecule has 0 spiro atoms. The molecule has 21 heavy (non-hydrogen) atoms. The average molecular weight is 325 g/mol. The van der Waals surface area contributed by atoms with Crippen LogP contribution in [0.3, 0.4) is 0 Å². The van der Waals surface area contributed by atoms with Crippen molar-refractivity contribution in [2.75, 3.05) is 10.5 Å². The highest BCUT2D eigenvalue weighted by atomic mass is 32.2. The number of rotatable bonds is 5. The highest BCUT2D eigenvalue weighted by Gasteiger charge is 2.17. The van der Waals surface area contributed by atoms with Gasteiger partial charge in [-0.1, -0.05) is 26.8 Å². The van der Waals surface area contributed by atoms with E-state index in [-0.39, 0.29) is 10.8 Å². The van der Waals surface area contributed by atoms with Crippen LogP contribution < -0.4 is 10.5 Å². The summed E-state index contributed by atoms with van der Waals surface area (Å²) < 4.78 is 27.2. The van der Waals surface area contributed by atoms with Gasteiger partial charge in [0.25, 0.3) is 10.0 Å². The summed E-state index contributed by atoms with van der Waals surface area (Å²) in [6, 6.07) is 4.79. The molecule has 3 N–H and O–H groups in total. The lowest BCUT2D eigenvalue weighted by Crippen LogP contribution is -2.13. The van der Waals surface area contributed by atoms with E-state index < -0.39 is 10.0 Å². The quantitative estimate of drug-likeness (QED) is 0.827. The highest BCUT2D eigenvalue weighted by Crippen LogP contribution is 2.25. The number of nitrogens with zero attached hydrogens (tertiary/aromatic N) is 1. The zero-order valence-corrected chi connectivity index (χ0v) is 13.9. The normalized spacial score (nSPS) is 11.8. The average Bonchev–Trinajstić information content (AvgIpc) is 2.86. The lowest BCUT2D eigenvalue weighted by atomic mass is 10.1. The summed E-state index contributed by atoms with van der Waals surface area (Å²) in [5.74, 6) is 0.263. The van der Waals surface area contributed by atoms with Crippen LogP contribution in [0.25, 0.3) is 0 Å². The third-order valence-corrected chi connectivity index (χ3v) is 5.39. The molecule has 2 rings (SSSR count). The van der Waals surface area contributed by atoms with E-state index in [1.165, 1.54) is 17.4 Å². The molecule has 0 saturated carbocycles. The van der Waals surface area contributed by atoms with E-state index >= 15 is 0 Å². The molecule has 2 aromatic rings. The molecule has 0 saturated heterocycles. The van der Waals surface area contributed by atoms with Crippen LogP contribution >= 0.6 is 11.3 Å². The van der Waals surface area contributed by atoms with Crippen LogP contribution in [-0.4, -0.2) is 13.4 Å². The largest absolute Gasteiger partial charge is 0.398 e. The van der Waals surface area contributed by atoms with Crippen molar-refractivity contribution in [2.45, 2.75) is 38.0 Å². The summed E-state index contributed by atoms with van der Waals surface area (Å²) in [7, 11) is -3.66. The van der Waals surface area contributed by atoms with Gasteiger partial charge in [-0.2, -0.15) is 0 Å². The summed E-state index contributed by atoms with van der Waals surface area (Å²) >= 11 is 1.28. The van der Waals surface area contributed by atoms with Crippen LogP contribution in [0.15, 0.2) is 28.5 Å². The first-order chi connectivity index (χ1) is 9.83. The Bertz CT molecular complexity index is 736. The summed E-state index contributed by atoms with van der Waals surface area (Å²) in [6.07, 6.45) is 0.768. The van der Waals surface area contributed by atoms with Gasteiger partial charge in [-0.05, 0) is 30.0 Å². The molecule has 114 valence electrons. The van der Waals surface area contributed by atoms with Gasteiger partial charge < -0.3 is 5.73 Å². The molecular formula is C14H19N3O2S2. The van der Waals surface area contributed by atoms with Crippen LogP contribution in [0.1, 0.15) is 37.9 Å². The standard InChI is InChI=1S/C14H19N3O2S2/c1-4-10-5-6-11(7-12(10)15)21(18,19)17-14-16-13(8-20-14)9(2)3/h5-9H,4,15H2,1-3H3,(H,16,17). The predicted octanol–water partition coefficient (Wildman–Crippen LogP) is 3.21. The number of thiazole rings is 1. The van der Waals surface area contributed by atoms with Gasteiger partial charge in [-0.3, -0.25) is 4.72 Å². The third-order valence-electron chi connectivity index (χ3n) is 3.14. The molecule has 0 amide bonds. The first-order valence-electron chi connectivity index (χ1n) is 6.70. The van der Waals surface area contributed by atoms with Gasteiger partial charge >= 0.3 is 0 Å².